The first-order valence-electron chi connectivity index (χ1n) is 13.8. The second kappa shape index (κ2) is 11.8. The van der Waals surface area contributed by atoms with E-state index < -0.39 is 60.1 Å². The number of ether oxygens (including phenoxy) is 4. The molecule has 3 bridgehead atoms. The summed E-state index contributed by atoms with van der Waals surface area (Å²) in [5.41, 5.74) is 0.535. The van der Waals surface area contributed by atoms with Crippen LogP contribution in [0.4, 0.5) is 0 Å². The molecule has 0 aliphatic carbocycles. The zero-order chi connectivity index (χ0) is 28.6. The SMILES string of the molecule is C[C@H]1[C@@H]2C[C@]3(O[C@@H]1CCCCc1cc(O)ccc1I)O[C@@](O)(CC(=O)O[C@@H](CO)CC(=O)O2)[C@H](C)CC3(C)C. The maximum atomic E-state index is 12.9. The number of benzene rings is 1. The monoisotopic (exact) mass is 660 g/mol. The molecule has 10 heteroatoms. The van der Waals surface area contributed by atoms with Crippen molar-refractivity contribution >= 4 is 34.5 Å². The van der Waals surface area contributed by atoms with Crippen LogP contribution in [0.25, 0.3) is 0 Å². The number of cyclic esters (lactones) is 1. The Hall–Kier alpha value is -1.47. The highest BCUT2D eigenvalue weighted by atomic mass is 127. The number of carbonyl (C=O) groups is 2. The van der Waals surface area contributed by atoms with Gasteiger partial charge in [-0.1, -0.05) is 34.1 Å². The first kappa shape index (κ1) is 30.5. The summed E-state index contributed by atoms with van der Waals surface area (Å²) in [7, 11) is 0. The molecular weight excluding hydrogens is 619 g/mol. The van der Waals surface area contributed by atoms with Gasteiger partial charge in [-0.25, -0.2) is 0 Å². The highest BCUT2D eigenvalue weighted by Crippen LogP contribution is 2.56. The van der Waals surface area contributed by atoms with Gasteiger partial charge < -0.3 is 34.3 Å². The molecule has 1 aromatic rings. The Labute approximate surface area is 243 Å². The lowest BCUT2D eigenvalue weighted by Gasteiger charge is -2.60. The van der Waals surface area contributed by atoms with Crippen molar-refractivity contribution in [1.29, 1.82) is 0 Å². The molecule has 3 aliphatic rings. The van der Waals surface area contributed by atoms with E-state index in [1.165, 1.54) is 0 Å². The smallest absolute Gasteiger partial charge is 0.311 e. The molecule has 0 aromatic heterocycles. The molecule has 3 heterocycles. The minimum absolute atomic E-state index is 0.148. The molecule has 0 amide bonds. The first-order chi connectivity index (χ1) is 18.3. The van der Waals surface area contributed by atoms with Crippen molar-refractivity contribution < 1.29 is 43.9 Å². The van der Waals surface area contributed by atoms with Gasteiger partial charge in [-0.2, -0.15) is 0 Å². The predicted molar refractivity (Wildman–Crippen MR) is 149 cm³/mol. The molecule has 0 saturated carbocycles. The number of phenols is 1. The van der Waals surface area contributed by atoms with Crippen LogP contribution in [0.2, 0.25) is 0 Å². The molecule has 3 fully saturated rings. The molecule has 39 heavy (non-hydrogen) atoms. The Bertz CT molecular complexity index is 1060. The Morgan fingerprint density at radius 3 is 2.54 bits per heavy atom. The number of halogens is 1. The summed E-state index contributed by atoms with van der Waals surface area (Å²) in [6.07, 6.45) is 1.29. The van der Waals surface area contributed by atoms with Gasteiger partial charge in [0.25, 0.3) is 0 Å². The summed E-state index contributed by atoms with van der Waals surface area (Å²) < 4.78 is 25.5. The third-order valence-electron chi connectivity index (χ3n) is 8.73. The summed E-state index contributed by atoms with van der Waals surface area (Å²) in [6.45, 7) is 7.33. The number of aromatic hydroxyl groups is 1. The number of aryl methyl sites for hydroxylation is 1. The van der Waals surface area contributed by atoms with Crippen LogP contribution in [-0.2, 0) is 35.0 Å². The zero-order valence-corrected chi connectivity index (χ0v) is 25.3. The lowest BCUT2D eigenvalue weighted by Crippen LogP contribution is -2.68. The van der Waals surface area contributed by atoms with E-state index in [1.54, 1.807) is 12.1 Å². The van der Waals surface area contributed by atoms with Gasteiger partial charge in [0.15, 0.2) is 11.6 Å². The van der Waals surface area contributed by atoms with Crippen LogP contribution >= 0.6 is 22.6 Å². The molecule has 0 radical (unpaired) electrons. The quantitative estimate of drug-likeness (QED) is 0.233. The van der Waals surface area contributed by atoms with Crippen LogP contribution < -0.4 is 0 Å². The fraction of sp³-hybridized carbons (Fsp3) is 0.724. The van der Waals surface area contributed by atoms with E-state index in [-0.39, 0.29) is 30.6 Å². The number of unbranched alkanes of at least 4 members (excludes halogenated alkanes) is 1. The third-order valence-corrected chi connectivity index (χ3v) is 9.79. The zero-order valence-electron chi connectivity index (χ0n) is 23.2. The Morgan fingerprint density at radius 1 is 1.08 bits per heavy atom. The summed E-state index contributed by atoms with van der Waals surface area (Å²) in [4.78, 5) is 25.6. The minimum atomic E-state index is -1.84. The van der Waals surface area contributed by atoms with E-state index in [0.29, 0.717) is 12.8 Å². The van der Waals surface area contributed by atoms with E-state index in [0.717, 1.165) is 28.4 Å². The van der Waals surface area contributed by atoms with Gasteiger partial charge in [0.1, 0.15) is 18.0 Å². The average Bonchev–Trinajstić information content (AvgIpc) is 2.84. The predicted octanol–water partition coefficient (Wildman–Crippen LogP) is 4.21. The fourth-order valence-corrected chi connectivity index (χ4v) is 6.88. The van der Waals surface area contributed by atoms with Crippen molar-refractivity contribution in [2.75, 3.05) is 6.61 Å². The van der Waals surface area contributed by atoms with Gasteiger partial charge in [-0.15, -0.1) is 0 Å². The Morgan fingerprint density at radius 2 is 1.82 bits per heavy atom. The summed E-state index contributed by atoms with van der Waals surface area (Å²) in [5, 5.41) is 31.2. The highest BCUT2D eigenvalue weighted by Gasteiger charge is 2.64. The van der Waals surface area contributed by atoms with Crippen molar-refractivity contribution in [3.05, 3.63) is 27.3 Å². The third kappa shape index (κ3) is 6.55. The van der Waals surface area contributed by atoms with Crippen molar-refractivity contribution in [3.8, 4) is 5.75 Å². The Kier molecular flexibility index (Phi) is 9.22. The highest BCUT2D eigenvalue weighted by molar-refractivity contribution is 14.1. The number of hydrogen-bond acceptors (Lipinski definition) is 9. The molecule has 9 nitrogen and oxygen atoms in total. The second-order valence-corrected chi connectivity index (χ2v) is 13.3. The van der Waals surface area contributed by atoms with Gasteiger partial charge in [0.05, 0.1) is 25.6 Å². The molecule has 3 aliphatic heterocycles. The van der Waals surface area contributed by atoms with Gasteiger partial charge in [0, 0.05) is 27.2 Å². The second-order valence-electron chi connectivity index (χ2n) is 12.1. The van der Waals surface area contributed by atoms with E-state index >= 15 is 0 Å². The van der Waals surface area contributed by atoms with Crippen LogP contribution in [-0.4, -0.2) is 63.8 Å². The van der Waals surface area contributed by atoms with Crippen LogP contribution in [0.1, 0.15) is 78.2 Å². The number of aliphatic hydroxyl groups is 2. The molecule has 218 valence electrons. The largest absolute Gasteiger partial charge is 0.508 e. The molecule has 3 N–H and O–H groups in total. The van der Waals surface area contributed by atoms with Crippen LogP contribution in [0.5, 0.6) is 5.75 Å². The van der Waals surface area contributed by atoms with Gasteiger partial charge in [0.2, 0.25) is 0 Å². The number of rotatable bonds is 6. The normalized spacial score (nSPS) is 36.7. The van der Waals surface area contributed by atoms with Crippen molar-refractivity contribution in [2.24, 2.45) is 17.3 Å². The van der Waals surface area contributed by atoms with Crippen molar-refractivity contribution in [1.82, 2.24) is 0 Å². The number of hydrogen-bond donors (Lipinski definition) is 3. The number of esters is 2. The number of carbonyl (C=O) groups excluding carboxylic acids is 2. The fourth-order valence-electron chi connectivity index (χ4n) is 6.27. The van der Waals surface area contributed by atoms with Crippen LogP contribution in [0.3, 0.4) is 0 Å². The average molecular weight is 661 g/mol. The van der Waals surface area contributed by atoms with E-state index in [1.807, 2.05) is 33.8 Å². The maximum Gasteiger partial charge on any atom is 0.311 e. The number of phenolic OH excluding ortho intramolecular Hbond substituents is 1. The van der Waals surface area contributed by atoms with Crippen molar-refractivity contribution in [3.63, 3.8) is 0 Å². The molecule has 1 spiro atoms. The van der Waals surface area contributed by atoms with Gasteiger partial charge in [-0.05, 0) is 72.0 Å². The lowest BCUT2D eigenvalue weighted by molar-refractivity contribution is -0.449. The molecule has 4 rings (SSSR count). The summed E-state index contributed by atoms with van der Waals surface area (Å²) >= 11 is 2.27. The van der Waals surface area contributed by atoms with E-state index in [9.17, 15) is 24.9 Å². The van der Waals surface area contributed by atoms with Gasteiger partial charge in [-0.3, -0.25) is 9.59 Å². The molecule has 0 unspecified atom stereocenters. The molecule has 1 aromatic carbocycles. The summed E-state index contributed by atoms with van der Waals surface area (Å²) in [6, 6.07) is 5.37. The lowest BCUT2D eigenvalue weighted by atomic mass is 9.66. The van der Waals surface area contributed by atoms with Crippen LogP contribution in [0, 0.1) is 20.8 Å². The molecule has 7 atom stereocenters. The minimum Gasteiger partial charge on any atom is -0.508 e. The topological polar surface area (TPSA) is 132 Å². The van der Waals surface area contributed by atoms with E-state index in [4.69, 9.17) is 18.9 Å². The van der Waals surface area contributed by atoms with Crippen LogP contribution in [0.15, 0.2) is 18.2 Å². The Balaban J connectivity index is 1.59. The number of fused-ring (bicyclic) bond motifs is 2. The van der Waals surface area contributed by atoms with Gasteiger partial charge >= 0.3 is 11.9 Å². The molecular formula is C29H41IO9. The maximum absolute atomic E-state index is 12.9. The summed E-state index contributed by atoms with van der Waals surface area (Å²) in [5.74, 6) is -4.74. The first-order valence-corrected chi connectivity index (χ1v) is 14.9. The standard InChI is InChI=1S/C29H41IO9/c1-17-13-27(3,4)29-14-24(37-25(33)12-21(16-31)36-26(34)15-28(17,35)39-29)18(2)23(38-29)8-6-5-7-19-11-20(32)9-10-22(19)30/h9-11,17-18,21,23-24,31-32,35H,5-8,12-16H2,1-4H3/t17-,18-,21-,23-,24+,28+,29+/m1/s1. The van der Waals surface area contributed by atoms with Crippen molar-refractivity contribution in [2.45, 2.75) is 109 Å². The number of aliphatic hydroxyl groups excluding tert-OH is 1. The molecule has 3 saturated heterocycles. The van der Waals surface area contributed by atoms with E-state index in [2.05, 4.69) is 22.6 Å².